The van der Waals surface area contributed by atoms with Gasteiger partial charge in [-0.2, -0.15) is 0 Å². The predicted molar refractivity (Wildman–Crippen MR) is 131 cm³/mol. The molecule has 0 atom stereocenters. The first-order valence-corrected chi connectivity index (χ1v) is 11.0. The van der Waals surface area contributed by atoms with Gasteiger partial charge in [-0.1, -0.05) is 74.0 Å². The van der Waals surface area contributed by atoms with E-state index in [1.807, 2.05) is 12.1 Å². The number of benzene rings is 3. The van der Waals surface area contributed by atoms with Crippen LogP contribution in [0, 0.1) is 19.8 Å². The number of rotatable bonds is 6. The molecule has 1 heterocycles. The molecule has 0 fully saturated rings. The summed E-state index contributed by atoms with van der Waals surface area (Å²) in [6.07, 6.45) is 1.02. The Kier molecular flexibility index (Phi) is 5.99. The Labute approximate surface area is 186 Å². The molecule has 0 unspecified atom stereocenters. The lowest BCUT2D eigenvalue weighted by Gasteiger charge is -2.18. The first-order chi connectivity index (χ1) is 15.0. The summed E-state index contributed by atoms with van der Waals surface area (Å²) in [7, 11) is 1.71. The maximum Gasteiger partial charge on any atom is 0.118 e. The van der Waals surface area contributed by atoms with Gasteiger partial charge in [-0.15, -0.1) is 0 Å². The van der Waals surface area contributed by atoms with Gasteiger partial charge in [0.25, 0.3) is 0 Å². The van der Waals surface area contributed by atoms with E-state index in [9.17, 15) is 0 Å². The maximum absolute atomic E-state index is 5.39. The normalized spacial score (nSPS) is 11.2. The van der Waals surface area contributed by atoms with Crippen LogP contribution in [0.4, 0.5) is 0 Å². The summed E-state index contributed by atoms with van der Waals surface area (Å²) in [6.45, 7) is 8.90. The van der Waals surface area contributed by atoms with Crippen LogP contribution >= 0.6 is 0 Å². The second kappa shape index (κ2) is 8.85. The Bertz CT molecular complexity index is 1160. The number of hydrogen-bond acceptors (Lipinski definition) is 1. The lowest BCUT2D eigenvalue weighted by Crippen LogP contribution is -2.06. The largest absolute Gasteiger partial charge is 0.497 e. The van der Waals surface area contributed by atoms with Crippen LogP contribution in [0.3, 0.4) is 0 Å². The standard InChI is InChI=1S/C29H31NO/c1-20(2)18-25-19-27(23-14-16-26(31-5)17-15-23)29(24-12-10-21(3)11-13-24)30(25)28-9-7-6-8-22(28)4/h6-17,19-20H,18H2,1-5H3. The van der Waals surface area contributed by atoms with Gasteiger partial charge in [0.05, 0.1) is 12.8 Å². The zero-order valence-corrected chi connectivity index (χ0v) is 19.1. The highest BCUT2D eigenvalue weighted by Gasteiger charge is 2.21. The van der Waals surface area contributed by atoms with Crippen LogP contribution in [0.2, 0.25) is 0 Å². The molecule has 0 N–H and O–H groups in total. The molecule has 31 heavy (non-hydrogen) atoms. The fraction of sp³-hybridized carbons (Fsp3) is 0.241. The molecule has 0 amide bonds. The van der Waals surface area contributed by atoms with Crippen molar-refractivity contribution in [1.82, 2.24) is 4.57 Å². The van der Waals surface area contributed by atoms with Gasteiger partial charge >= 0.3 is 0 Å². The Morgan fingerprint density at radius 2 is 1.45 bits per heavy atom. The molecule has 0 aliphatic heterocycles. The van der Waals surface area contributed by atoms with E-state index in [1.54, 1.807) is 7.11 Å². The number of aromatic nitrogens is 1. The van der Waals surface area contributed by atoms with E-state index in [4.69, 9.17) is 4.74 Å². The Hall–Kier alpha value is -3.26. The Morgan fingerprint density at radius 1 is 0.806 bits per heavy atom. The number of para-hydroxylation sites is 1. The summed E-state index contributed by atoms with van der Waals surface area (Å²) < 4.78 is 7.87. The average molecular weight is 410 g/mol. The fourth-order valence-electron chi connectivity index (χ4n) is 4.21. The lowest BCUT2D eigenvalue weighted by atomic mass is 10.00. The summed E-state index contributed by atoms with van der Waals surface area (Å²) in [5, 5.41) is 0. The van der Waals surface area contributed by atoms with Gasteiger partial charge in [-0.05, 0) is 67.1 Å². The van der Waals surface area contributed by atoms with Crippen molar-refractivity contribution in [1.29, 1.82) is 0 Å². The lowest BCUT2D eigenvalue weighted by molar-refractivity contribution is 0.415. The summed E-state index contributed by atoms with van der Waals surface area (Å²) in [5.41, 5.74) is 10.1. The minimum Gasteiger partial charge on any atom is -0.497 e. The highest BCUT2D eigenvalue weighted by Crippen LogP contribution is 2.39. The number of hydrogen-bond donors (Lipinski definition) is 0. The third kappa shape index (κ3) is 4.29. The molecule has 0 aliphatic rings. The SMILES string of the molecule is COc1ccc(-c2cc(CC(C)C)n(-c3ccccc3C)c2-c2ccc(C)cc2)cc1. The van der Waals surface area contributed by atoms with E-state index < -0.39 is 0 Å². The minimum absolute atomic E-state index is 0.562. The van der Waals surface area contributed by atoms with Crippen LogP contribution in [0.5, 0.6) is 5.75 Å². The summed E-state index contributed by atoms with van der Waals surface area (Å²) in [6, 6.07) is 28.3. The second-order valence-corrected chi connectivity index (χ2v) is 8.71. The molecule has 0 saturated carbocycles. The molecule has 4 aromatic rings. The molecule has 0 saturated heterocycles. The van der Waals surface area contributed by atoms with Gasteiger partial charge in [0, 0.05) is 16.9 Å². The summed E-state index contributed by atoms with van der Waals surface area (Å²) >= 11 is 0. The molecule has 4 rings (SSSR count). The Balaban J connectivity index is 2.04. The van der Waals surface area contributed by atoms with Crippen LogP contribution in [0.15, 0.2) is 78.9 Å². The molecule has 0 bridgehead atoms. The van der Waals surface area contributed by atoms with Gasteiger partial charge in [-0.25, -0.2) is 0 Å². The van der Waals surface area contributed by atoms with E-state index in [0.29, 0.717) is 5.92 Å². The number of ether oxygens (including phenoxy) is 1. The minimum atomic E-state index is 0.562. The number of methoxy groups -OCH3 is 1. The third-order valence-corrected chi connectivity index (χ3v) is 5.78. The van der Waals surface area contributed by atoms with Crippen LogP contribution in [0.1, 0.15) is 30.7 Å². The van der Waals surface area contributed by atoms with Crippen LogP contribution < -0.4 is 4.74 Å². The second-order valence-electron chi connectivity index (χ2n) is 8.71. The molecule has 1 aromatic heterocycles. The summed E-state index contributed by atoms with van der Waals surface area (Å²) in [5.74, 6) is 1.44. The molecule has 0 spiro atoms. The number of aryl methyl sites for hydroxylation is 2. The molecular formula is C29H31NO. The average Bonchev–Trinajstić information content (AvgIpc) is 3.13. The van der Waals surface area contributed by atoms with Crippen LogP contribution in [-0.2, 0) is 6.42 Å². The van der Waals surface area contributed by atoms with Crippen molar-refractivity contribution < 1.29 is 4.74 Å². The van der Waals surface area contributed by atoms with Gasteiger partial charge in [-0.3, -0.25) is 0 Å². The summed E-state index contributed by atoms with van der Waals surface area (Å²) in [4.78, 5) is 0. The topological polar surface area (TPSA) is 14.2 Å². The van der Waals surface area contributed by atoms with Crippen LogP contribution in [0.25, 0.3) is 28.1 Å². The van der Waals surface area contributed by atoms with Gasteiger partial charge in [0.1, 0.15) is 5.75 Å². The molecule has 158 valence electrons. The van der Waals surface area contributed by atoms with Crippen molar-refractivity contribution >= 4 is 0 Å². The van der Waals surface area contributed by atoms with Crippen LogP contribution in [-0.4, -0.2) is 11.7 Å². The predicted octanol–water partition coefficient (Wildman–Crippen LogP) is 7.64. The van der Waals surface area contributed by atoms with E-state index in [2.05, 4.69) is 99.0 Å². The quantitative estimate of drug-likeness (QED) is 0.319. The highest BCUT2D eigenvalue weighted by atomic mass is 16.5. The van der Waals surface area contributed by atoms with Crippen molar-refractivity contribution in [3.63, 3.8) is 0 Å². The van der Waals surface area contributed by atoms with E-state index >= 15 is 0 Å². The van der Waals surface area contributed by atoms with Gasteiger partial charge < -0.3 is 9.30 Å². The third-order valence-electron chi connectivity index (χ3n) is 5.78. The number of nitrogens with zero attached hydrogens (tertiary/aromatic N) is 1. The van der Waals surface area contributed by atoms with Crippen molar-refractivity contribution in [2.24, 2.45) is 5.92 Å². The smallest absolute Gasteiger partial charge is 0.118 e. The Morgan fingerprint density at radius 3 is 2.06 bits per heavy atom. The van der Waals surface area contributed by atoms with Gasteiger partial charge in [0.2, 0.25) is 0 Å². The fourth-order valence-corrected chi connectivity index (χ4v) is 4.21. The van der Waals surface area contributed by atoms with Crippen molar-refractivity contribution in [2.45, 2.75) is 34.1 Å². The van der Waals surface area contributed by atoms with Crippen molar-refractivity contribution in [3.8, 4) is 33.8 Å². The van der Waals surface area contributed by atoms with E-state index in [0.717, 1.165) is 12.2 Å². The monoisotopic (exact) mass is 409 g/mol. The molecule has 0 radical (unpaired) electrons. The molecule has 0 aliphatic carbocycles. The molecule has 2 heteroatoms. The van der Waals surface area contributed by atoms with E-state index in [1.165, 1.54) is 44.9 Å². The van der Waals surface area contributed by atoms with Gasteiger partial charge in [0.15, 0.2) is 0 Å². The highest BCUT2D eigenvalue weighted by molar-refractivity contribution is 5.84. The first-order valence-electron chi connectivity index (χ1n) is 11.0. The molecule has 2 nitrogen and oxygen atoms in total. The van der Waals surface area contributed by atoms with Crippen molar-refractivity contribution in [3.05, 3.63) is 95.7 Å². The first kappa shape index (κ1) is 21.0. The van der Waals surface area contributed by atoms with Crippen molar-refractivity contribution in [2.75, 3.05) is 7.11 Å². The zero-order chi connectivity index (χ0) is 22.0. The molecular weight excluding hydrogens is 378 g/mol. The molecule has 3 aromatic carbocycles. The van der Waals surface area contributed by atoms with E-state index in [-0.39, 0.29) is 0 Å². The maximum atomic E-state index is 5.39. The zero-order valence-electron chi connectivity index (χ0n) is 19.1.